The second-order valence-corrected chi connectivity index (χ2v) is 15.3. The highest BCUT2D eigenvalue weighted by molar-refractivity contribution is 7.26. The van der Waals surface area contributed by atoms with Crippen LogP contribution in [-0.4, -0.2) is 24.1 Å². The first-order valence-electron chi connectivity index (χ1n) is 19.0. The van der Waals surface area contributed by atoms with Crippen molar-refractivity contribution in [2.45, 2.75) is 0 Å². The van der Waals surface area contributed by atoms with Gasteiger partial charge < -0.3 is 4.57 Å². The number of nitrogens with zero attached hydrogens (tertiary/aromatic N) is 5. The Hall–Kier alpha value is -7.59. The van der Waals surface area contributed by atoms with Gasteiger partial charge in [0.2, 0.25) is 5.95 Å². The van der Waals surface area contributed by atoms with Gasteiger partial charge in [0.05, 0.1) is 43.2 Å². The summed E-state index contributed by atoms with van der Waals surface area (Å²) < 4.78 is 7.15. The van der Waals surface area contributed by atoms with Gasteiger partial charge in [-0.25, -0.2) is 4.98 Å². The third-order valence-corrected chi connectivity index (χ3v) is 12.2. The molecule has 0 radical (unpaired) electrons. The zero-order valence-electron chi connectivity index (χ0n) is 30.4. The van der Waals surface area contributed by atoms with Crippen LogP contribution in [0.4, 0.5) is 0 Å². The standard InChI is InChI=1S/C51H29N5S/c1-4-16-32(17-5-1)35-30-41-38-24-12-15-27-45(38)57-48(41)44(31-35)55-42-25-13-10-22-36(42)39-28-29-40-37-23-11-14-26-43(37)56(47(40)46(39)55)51-53-49(33-18-6-2-7-19-33)52-50(54-51)34-20-8-3-9-21-34/h1-27,30-31H. The normalized spacial score (nSPS) is 11.7. The largest absolute Gasteiger partial charge is 0.305 e. The number of thiophene rings is 1. The summed E-state index contributed by atoms with van der Waals surface area (Å²) in [4.78, 5) is 15.6. The topological polar surface area (TPSA) is 48.5 Å². The van der Waals surface area contributed by atoms with Crippen molar-refractivity contribution in [3.63, 3.8) is 0 Å². The van der Waals surface area contributed by atoms with Crippen LogP contribution in [0.15, 0.2) is 176 Å². The molecule has 12 aromatic rings. The molecule has 5 nitrogen and oxygen atoms in total. The van der Waals surface area contributed by atoms with E-state index < -0.39 is 0 Å². The first-order valence-corrected chi connectivity index (χ1v) is 19.8. The highest BCUT2D eigenvalue weighted by Gasteiger charge is 2.25. The number of hydrogen-bond donors (Lipinski definition) is 0. The van der Waals surface area contributed by atoms with Gasteiger partial charge in [0.1, 0.15) is 0 Å². The Kier molecular flexibility index (Phi) is 6.94. The van der Waals surface area contributed by atoms with Crippen LogP contribution in [0.2, 0.25) is 0 Å². The smallest absolute Gasteiger partial charge is 0.238 e. The second-order valence-electron chi connectivity index (χ2n) is 14.3. The van der Waals surface area contributed by atoms with Crippen LogP contribution in [0.5, 0.6) is 0 Å². The van der Waals surface area contributed by atoms with Gasteiger partial charge in [-0.2, -0.15) is 9.97 Å². The maximum absolute atomic E-state index is 5.28. The van der Waals surface area contributed by atoms with Gasteiger partial charge in [-0.05, 0) is 41.5 Å². The zero-order valence-corrected chi connectivity index (χ0v) is 31.2. The molecule has 0 N–H and O–H groups in total. The molecule has 4 aromatic heterocycles. The van der Waals surface area contributed by atoms with E-state index in [1.165, 1.54) is 25.7 Å². The van der Waals surface area contributed by atoms with Crippen molar-refractivity contribution < 1.29 is 0 Å². The van der Waals surface area contributed by atoms with Crippen molar-refractivity contribution in [3.8, 4) is 45.5 Å². The molecular weight excluding hydrogens is 715 g/mol. The van der Waals surface area contributed by atoms with Gasteiger partial charge in [0, 0.05) is 37.4 Å². The average molecular weight is 744 g/mol. The summed E-state index contributed by atoms with van der Waals surface area (Å²) in [5.41, 5.74) is 9.34. The molecule has 0 amide bonds. The monoisotopic (exact) mass is 743 g/mol. The lowest BCUT2D eigenvalue weighted by molar-refractivity contribution is 0.953. The third-order valence-electron chi connectivity index (χ3n) is 11.0. The van der Waals surface area contributed by atoms with E-state index in [1.54, 1.807) is 0 Å². The van der Waals surface area contributed by atoms with E-state index in [9.17, 15) is 0 Å². The van der Waals surface area contributed by atoms with Crippen molar-refractivity contribution in [1.29, 1.82) is 0 Å². The summed E-state index contributed by atoms with van der Waals surface area (Å²) in [6.45, 7) is 0. The maximum atomic E-state index is 5.28. The van der Waals surface area contributed by atoms with Crippen molar-refractivity contribution in [1.82, 2.24) is 24.1 Å². The lowest BCUT2D eigenvalue weighted by Gasteiger charge is -2.14. The van der Waals surface area contributed by atoms with Crippen LogP contribution in [0.25, 0.3) is 109 Å². The molecule has 12 rings (SSSR count). The first-order chi connectivity index (χ1) is 28.3. The fourth-order valence-electron chi connectivity index (χ4n) is 8.43. The van der Waals surface area contributed by atoms with Crippen molar-refractivity contribution in [2.75, 3.05) is 0 Å². The molecule has 4 heterocycles. The lowest BCUT2D eigenvalue weighted by atomic mass is 10.0. The Morgan fingerprint density at radius 2 is 0.895 bits per heavy atom. The molecule has 0 fully saturated rings. The van der Waals surface area contributed by atoms with E-state index in [2.05, 4.69) is 161 Å². The fraction of sp³-hybridized carbons (Fsp3) is 0. The fourth-order valence-corrected chi connectivity index (χ4v) is 9.62. The summed E-state index contributed by atoms with van der Waals surface area (Å²) in [6, 6.07) is 68.9. The van der Waals surface area contributed by atoms with Gasteiger partial charge in [-0.1, -0.05) is 158 Å². The minimum Gasteiger partial charge on any atom is -0.305 e. The molecule has 57 heavy (non-hydrogen) atoms. The molecule has 0 spiro atoms. The van der Waals surface area contributed by atoms with Gasteiger partial charge in [-0.15, -0.1) is 11.3 Å². The number of hydrogen-bond acceptors (Lipinski definition) is 4. The summed E-state index contributed by atoms with van der Waals surface area (Å²) in [5.74, 6) is 1.75. The second kappa shape index (κ2) is 12.5. The Balaban J connectivity index is 1.27. The SMILES string of the molecule is c1c2c3ccccc3n(-c3nc(-c4ccccc4)nc(-c4ccccc4)n3)c2c2c(c#1)c1ccccc1n2-c1cc(-c2ccccc2)cc2c1sc1ccccc12. The van der Waals surface area contributed by atoms with E-state index in [4.69, 9.17) is 15.0 Å². The molecule has 0 saturated carbocycles. The summed E-state index contributed by atoms with van der Waals surface area (Å²) in [5, 5.41) is 6.59. The Bertz CT molecular complexity index is 3450. The molecule has 0 unspecified atom stereocenters. The quantitative estimate of drug-likeness (QED) is 0.176. The molecule has 6 heteroatoms. The zero-order chi connectivity index (χ0) is 37.5. The number of rotatable bonds is 5. The molecule has 0 saturated heterocycles. The number of fused-ring (bicyclic) bond motifs is 10. The van der Waals surface area contributed by atoms with Gasteiger partial charge in [-0.3, -0.25) is 4.57 Å². The summed E-state index contributed by atoms with van der Waals surface area (Å²) >= 11 is 1.84. The van der Waals surface area contributed by atoms with E-state index in [1.807, 2.05) is 47.7 Å². The highest BCUT2D eigenvalue weighted by atomic mass is 32.1. The first kappa shape index (κ1) is 31.7. The van der Waals surface area contributed by atoms with E-state index in [0.717, 1.165) is 66.0 Å². The molecule has 264 valence electrons. The lowest BCUT2D eigenvalue weighted by Crippen LogP contribution is -2.07. The Morgan fingerprint density at radius 3 is 1.51 bits per heavy atom. The number of aromatic nitrogens is 5. The van der Waals surface area contributed by atoms with E-state index >= 15 is 0 Å². The molecule has 0 bridgehead atoms. The van der Waals surface area contributed by atoms with Crippen molar-refractivity contribution in [2.24, 2.45) is 0 Å². The molecule has 0 aliphatic rings. The van der Waals surface area contributed by atoms with Crippen LogP contribution in [0.3, 0.4) is 0 Å². The van der Waals surface area contributed by atoms with E-state index in [-0.39, 0.29) is 0 Å². The summed E-state index contributed by atoms with van der Waals surface area (Å²) in [6.07, 6.45) is 0. The van der Waals surface area contributed by atoms with Crippen LogP contribution in [0.1, 0.15) is 0 Å². The third kappa shape index (κ3) is 4.86. The van der Waals surface area contributed by atoms with Crippen LogP contribution in [0, 0.1) is 12.1 Å². The van der Waals surface area contributed by atoms with Crippen molar-refractivity contribution >= 4 is 75.1 Å². The number of benzene rings is 7. The maximum Gasteiger partial charge on any atom is 0.238 e. The molecule has 8 aromatic carbocycles. The minimum atomic E-state index is 0.539. The number of para-hydroxylation sites is 2. The predicted molar refractivity (Wildman–Crippen MR) is 235 cm³/mol. The average Bonchev–Trinajstić information content (AvgIpc) is 3.95. The van der Waals surface area contributed by atoms with Gasteiger partial charge >= 0.3 is 0 Å². The summed E-state index contributed by atoms with van der Waals surface area (Å²) in [7, 11) is 0. The predicted octanol–water partition coefficient (Wildman–Crippen LogP) is 13.0. The Morgan fingerprint density at radius 1 is 0.404 bits per heavy atom. The molecular formula is C51H29N5S. The van der Waals surface area contributed by atoms with Crippen LogP contribution < -0.4 is 0 Å². The Labute approximate surface area is 331 Å². The van der Waals surface area contributed by atoms with E-state index in [0.29, 0.717) is 17.6 Å². The van der Waals surface area contributed by atoms with Crippen molar-refractivity contribution in [3.05, 3.63) is 188 Å². The minimum absolute atomic E-state index is 0.539. The molecule has 0 aliphatic heterocycles. The molecule has 0 aliphatic carbocycles. The highest BCUT2D eigenvalue weighted by Crippen LogP contribution is 2.45. The molecule has 0 atom stereocenters. The van der Waals surface area contributed by atoms with Gasteiger partial charge in [0.15, 0.2) is 11.6 Å². The van der Waals surface area contributed by atoms with Crippen LogP contribution in [-0.2, 0) is 0 Å². The van der Waals surface area contributed by atoms with Crippen LogP contribution >= 0.6 is 11.3 Å². The van der Waals surface area contributed by atoms with Gasteiger partial charge in [0.25, 0.3) is 0 Å².